The summed E-state index contributed by atoms with van der Waals surface area (Å²) in [6, 6.07) is -0.322. The summed E-state index contributed by atoms with van der Waals surface area (Å²) < 4.78 is 10.4. The zero-order valence-corrected chi connectivity index (χ0v) is 16.6. The molecule has 28 heavy (non-hydrogen) atoms. The van der Waals surface area contributed by atoms with Crippen molar-refractivity contribution in [1.29, 1.82) is 0 Å². The summed E-state index contributed by atoms with van der Waals surface area (Å²) in [5, 5.41) is 20.3. The Hall–Kier alpha value is -2.16. The Labute approximate surface area is 165 Å². The number of hydrogen-bond acceptors (Lipinski definition) is 7. The Balaban J connectivity index is 4.12. The average molecular weight is 403 g/mol. The number of carbonyl (C=O) groups is 4. The van der Waals surface area contributed by atoms with E-state index in [1.165, 1.54) is 0 Å². The van der Waals surface area contributed by atoms with Crippen LogP contribution in [-0.4, -0.2) is 59.9 Å². The second-order valence-electron chi connectivity index (χ2n) is 6.57. The molecule has 162 valence electrons. The van der Waals surface area contributed by atoms with E-state index in [0.29, 0.717) is 32.2 Å². The van der Waals surface area contributed by atoms with Crippen LogP contribution in [0.4, 0.5) is 0 Å². The second kappa shape index (κ2) is 17.0. The van der Waals surface area contributed by atoms with E-state index in [0.717, 1.165) is 12.8 Å². The molecular formula is C19H33NO8. The van der Waals surface area contributed by atoms with Crippen LogP contribution in [0, 0.1) is 0 Å². The molecule has 0 atom stereocenters. The normalized spacial score (nSPS) is 10.6. The van der Waals surface area contributed by atoms with Crippen molar-refractivity contribution in [3.05, 3.63) is 0 Å². The number of unbranched alkanes of at least 4 members (excludes halogenated alkanes) is 3. The van der Waals surface area contributed by atoms with E-state index < -0.39 is 23.9 Å². The fourth-order valence-corrected chi connectivity index (χ4v) is 2.27. The van der Waals surface area contributed by atoms with Gasteiger partial charge in [-0.05, 0) is 38.6 Å². The van der Waals surface area contributed by atoms with E-state index in [2.05, 4.69) is 5.32 Å². The molecule has 0 saturated heterocycles. The first kappa shape index (κ1) is 25.8. The largest absolute Gasteiger partial charge is 0.481 e. The smallest absolute Gasteiger partial charge is 0.305 e. The molecule has 9 nitrogen and oxygen atoms in total. The van der Waals surface area contributed by atoms with Crippen LogP contribution in [0.1, 0.15) is 71.1 Å². The monoisotopic (exact) mass is 403 g/mol. The van der Waals surface area contributed by atoms with Crippen LogP contribution in [0.2, 0.25) is 0 Å². The minimum absolute atomic E-state index is 0.0247. The summed E-state index contributed by atoms with van der Waals surface area (Å²) in [5.74, 6) is -2.60. The van der Waals surface area contributed by atoms with Crippen LogP contribution in [0.5, 0.6) is 0 Å². The Morgan fingerprint density at radius 2 is 1.18 bits per heavy atom. The molecule has 0 amide bonds. The Morgan fingerprint density at radius 3 is 1.57 bits per heavy atom. The Kier molecular flexibility index (Phi) is 15.7. The van der Waals surface area contributed by atoms with Gasteiger partial charge in [0.05, 0.1) is 6.04 Å². The Morgan fingerprint density at radius 1 is 0.750 bits per heavy atom. The van der Waals surface area contributed by atoms with Gasteiger partial charge in [0, 0.05) is 25.7 Å². The maximum Gasteiger partial charge on any atom is 0.305 e. The minimum atomic E-state index is -0.890. The van der Waals surface area contributed by atoms with Crippen LogP contribution in [-0.2, 0) is 28.7 Å². The molecule has 0 radical (unpaired) electrons. The van der Waals surface area contributed by atoms with Crippen molar-refractivity contribution < 1.29 is 38.9 Å². The number of carboxylic acid groups (broad SMARTS) is 2. The zero-order chi connectivity index (χ0) is 21.2. The lowest BCUT2D eigenvalue weighted by atomic mass is 10.2. The molecular weight excluding hydrogens is 370 g/mol. The molecule has 0 saturated carbocycles. The van der Waals surface area contributed by atoms with Crippen LogP contribution in [0.3, 0.4) is 0 Å². The fraction of sp³-hybridized carbons (Fsp3) is 0.789. The van der Waals surface area contributed by atoms with Gasteiger partial charge < -0.3 is 25.0 Å². The summed E-state index contributed by atoms with van der Waals surface area (Å²) in [4.78, 5) is 44.3. The van der Waals surface area contributed by atoms with E-state index in [1.54, 1.807) is 0 Å². The predicted octanol–water partition coefficient (Wildman–Crippen LogP) is 2.12. The first-order valence-electron chi connectivity index (χ1n) is 9.83. The van der Waals surface area contributed by atoms with Gasteiger partial charge in [-0.3, -0.25) is 19.2 Å². The van der Waals surface area contributed by atoms with Crippen molar-refractivity contribution in [2.24, 2.45) is 0 Å². The van der Waals surface area contributed by atoms with Gasteiger partial charge in [0.15, 0.2) is 0 Å². The number of carboxylic acids is 2. The third-order valence-corrected chi connectivity index (χ3v) is 3.90. The fourth-order valence-electron chi connectivity index (χ4n) is 2.27. The third kappa shape index (κ3) is 17.3. The Bertz CT molecular complexity index is 443. The van der Waals surface area contributed by atoms with Crippen molar-refractivity contribution >= 4 is 23.9 Å². The van der Waals surface area contributed by atoms with E-state index in [-0.39, 0.29) is 44.9 Å². The van der Waals surface area contributed by atoms with Crippen molar-refractivity contribution in [3.63, 3.8) is 0 Å². The highest BCUT2D eigenvalue weighted by molar-refractivity contribution is 5.70. The first-order chi connectivity index (χ1) is 13.3. The number of rotatable bonds is 18. The molecule has 0 rings (SSSR count). The molecule has 0 heterocycles. The van der Waals surface area contributed by atoms with Crippen molar-refractivity contribution in [2.75, 3.05) is 19.8 Å². The molecule has 3 N–H and O–H groups in total. The van der Waals surface area contributed by atoms with Gasteiger partial charge in [-0.1, -0.05) is 13.3 Å². The third-order valence-electron chi connectivity index (χ3n) is 3.90. The molecule has 0 unspecified atom stereocenters. The molecule has 0 spiro atoms. The highest BCUT2D eigenvalue weighted by atomic mass is 16.5. The molecule has 9 heteroatoms. The van der Waals surface area contributed by atoms with Gasteiger partial charge >= 0.3 is 23.9 Å². The van der Waals surface area contributed by atoms with Gasteiger partial charge in [0.2, 0.25) is 0 Å². The number of hydrogen-bond donors (Lipinski definition) is 3. The van der Waals surface area contributed by atoms with E-state index in [1.807, 2.05) is 6.92 Å². The molecule has 0 aliphatic carbocycles. The maximum absolute atomic E-state index is 11.7. The van der Waals surface area contributed by atoms with Crippen LogP contribution >= 0.6 is 0 Å². The van der Waals surface area contributed by atoms with Gasteiger partial charge in [-0.2, -0.15) is 0 Å². The lowest BCUT2D eigenvalue weighted by molar-refractivity contribution is -0.148. The molecule has 0 bridgehead atoms. The summed E-state index contributed by atoms with van der Waals surface area (Å²) in [7, 11) is 0. The number of aliphatic carboxylic acids is 2. The van der Waals surface area contributed by atoms with Crippen LogP contribution in [0.25, 0.3) is 0 Å². The van der Waals surface area contributed by atoms with E-state index in [4.69, 9.17) is 19.7 Å². The summed E-state index contributed by atoms with van der Waals surface area (Å²) >= 11 is 0. The van der Waals surface area contributed by atoms with E-state index >= 15 is 0 Å². The number of ether oxygens (including phenoxy) is 2. The highest BCUT2D eigenvalue weighted by Crippen LogP contribution is 2.04. The molecule has 0 aromatic carbocycles. The molecule has 0 aromatic rings. The molecule has 0 aromatic heterocycles. The topological polar surface area (TPSA) is 139 Å². The van der Waals surface area contributed by atoms with Gasteiger partial charge in [-0.15, -0.1) is 0 Å². The second-order valence-corrected chi connectivity index (χ2v) is 6.57. The average Bonchev–Trinajstić information content (AvgIpc) is 2.64. The lowest BCUT2D eigenvalue weighted by Gasteiger charge is -2.19. The molecule has 0 aliphatic rings. The SMILES string of the molecule is CCCCNC(COC(=O)CCCCC(=O)O)COC(=O)CCCCC(=O)O. The van der Waals surface area contributed by atoms with Crippen LogP contribution in [0.15, 0.2) is 0 Å². The molecule has 0 fully saturated rings. The predicted molar refractivity (Wildman–Crippen MR) is 101 cm³/mol. The first-order valence-corrected chi connectivity index (χ1v) is 9.83. The van der Waals surface area contributed by atoms with E-state index in [9.17, 15) is 19.2 Å². The summed E-state index contributed by atoms with van der Waals surface area (Å²) in [6.45, 7) is 2.88. The zero-order valence-electron chi connectivity index (χ0n) is 16.6. The van der Waals surface area contributed by atoms with Gasteiger partial charge in [0.1, 0.15) is 13.2 Å². The number of esters is 2. The van der Waals surface area contributed by atoms with Crippen molar-refractivity contribution in [3.8, 4) is 0 Å². The summed E-state index contributed by atoms with van der Waals surface area (Å²) in [5.41, 5.74) is 0. The van der Waals surface area contributed by atoms with Gasteiger partial charge in [0.25, 0.3) is 0 Å². The maximum atomic E-state index is 11.7. The van der Waals surface area contributed by atoms with Crippen LogP contribution < -0.4 is 5.32 Å². The quantitative estimate of drug-likeness (QED) is 0.232. The van der Waals surface area contributed by atoms with Crippen molar-refractivity contribution in [2.45, 2.75) is 77.2 Å². The highest BCUT2D eigenvalue weighted by Gasteiger charge is 2.14. The lowest BCUT2D eigenvalue weighted by Crippen LogP contribution is -2.39. The number of nitrogens with one attached hydrogen (secondary N) is 1. The molecule has 0 aliphatic heterocycles. The van der Waals surface area contributed by atoms with Gasteiger partial charge in [-0.25, -0.2) is 0 Å². The standard InChI is InChI=1S/C19H33NO8/c1-2-3-12-20-15(13-27-18(25)10-6-4-8-16(21)22)14-28-19(26)11-7-5-9-17(23)24/h15,20H,2-14H2,1H3,(H,21,22)(H,23,24). The summed E-state index contributed by atoms with van der Waals surface area (Å²) in [6.07, 6.45) is 4.01. The minimum Gasteiger partial charge on any atom is -0.481 e. The number of carbonyl (C=O) groups excluding carboxylic acids is 2. The van der Waals surface area contributed by atoms with Crippen molar-refractivity contribution in [1.82, 2.24) is 5.32 Å².